The van der Waals surface area contributed by atoms with Crippen LogP contribution >= 0.6 is 0 Å². The molecule has 15 heteroatoms. The number of hydrogen-bond donors (Lipinski definition) is 3. The monoisotopic (exact) mass is 897 g/mol. The molecule has 0 aromatic carbocycles. The molecule has 1 saturated heterocycles. The SMILES string of the molecule is C[C@@H]1[C@H]2C3=CCC4[C@@]5(C)CC[C@H](O)C(C)(C)C5CC[C@@]4(C)[C@@]3(C)CC[C@@]2(C(=O)NCCCC(C(=O)O)N2CCN(CC(=O)[O-])CCN(CC(=O)[O-])CCN(CC(=O)[O-])CC2)CC[C@@H]1C. The molecule has 0 radical (unpaired) electrons. The van der Waals surface area contributed by atoms with Crippen molar-refractivity contribution < 1.29 is 49.5 Å². The number of aliphatic hydroxyl groups excluding tert-OH is 1. The van der Waals surface area contributed by atoms with E-state index in [0.29, 0.717) is 36.6 Å². The second kappa shape index (κ2) is 19.6. The second-order valence-electron chi connectivity index (χ2n) is 22.4. The number of allylic oxidation sites excluding steroid dienone is 2. The summed E-state index contributed by atoms with van der Waals surface area (Å²) in [7, 11) is 0. The molecule has 1 heterocycles. The Kier molecular flexibility index (Phi) is 15.4. The highest BCUT2D eigenvalue weighted by Crippen LogP contribution is 2.75. The summed E-state index contributed by atoms with van der Waals surface area (Å²) in [5, 5.41) is 59.9. The van der Waals surface area contributed by atoms with Gasteiger partial charge in [-0.25, -0.2) is 0 Å². The molecule has 0 aromatic rings. The molecule has 1 aliphatic heterocycles. The van der Waals surface area contributed by atoms with Crippen LogP contribution < -0.4 is 20.6 Å². The zero-order valence-electron chi connectivity index (χ0n) is 39.8. The maximum atomic E-state index is 14.9. The van der Waals surface area contributed by atoms with Crippen molar-refractivity contribution in [1.82, 2.24) is 24.9 Å². The van der Waals surface area contributed by atoms with Crippen LogP contribution in [0.5, 0.6) is 0 Å². The molecule has 0 aromatic heterocycles. The number of rotatable bonds is 13. The summed E-state index contributed by atoms with van der Waals surface area (Å²) in [6.07, 6.45) is 11.5. The summed E-state index contributed by atoms with van der Waals surface area (Å²) in [6, 6.07) is -0.989. The van der Waals surface area contributed by atoms with Gasteiger partial charge in [0.2, 0.25) is 5.91 Å². The number of carbonyl (C=O) groups is 5. The zero-order valence-corrected chi connectivity index (χ0v) is 39.8. The lowest BCUT2D eigenvalue weighted by Crippen LogP contribution is -2.66. The summed E-state index contributed by atoms with van der Waals surface area (Å²) in [5.74, 6) is -3.09. The fourth-order valence-electron chi connectivity index (χ4n) is 14.9. The molecule has 5 aliphatic carbocycles. The van der Waals surface area contributed by atoms with Gasteiger partial charge < -0.3 is 45.2 Å². The second-order valence-corrected chi connectivity index (χ2v) is 22.4. The average Bonchev–Trinajstić information content (AvgIpc) is 3.20. The lowest BCUT2D eigenvalue weighted by Gasteiger charge is -2.71. The molecular formula is C49H78N5O10-3. The quantitative estimate of drug-likeness (QED) is 0.172. The lowest BCUT2D eigenvalue weighted by molar-refractivity contribution is -0.308. The van der Waals surface area contributed by atoms with Crippen LogP contribution in [0.2, 0.25) is 0 Å². The van der Waals surface area contributed by atoms with Crippen LogP contribution in [0.1, 0.15) is 119 Å². The van der Waals surface area contributed by atoms with Crippen molar-refractivity contribution in [3.8, 4) is 0 Å². The summed E-state index contributed by atoms with van der Waals surface area (Å²) >= 11 is 0. The highest BCUT2D eigenvalue weighted by molar-refractivity contribution is 5.84. The Bertz CT molecular complexity index is 1740. The molecule has 0 bridgehead atoms. The summed E-state index contributed by atoms with van der Waals surface area (Å²) in [4.78, 5) is 69.1. The highest BCUT2D eigenvalue weighted by Gasteiger charge is 2.69. The van der Waals surface area contributed by atoms with E-state index < -0.39 is 55.0 Å². The van der Waals surface area contributed by atoms with Gasteiger partial charge in [0.15, 0.2) is 0 Å². The number of aliphatic carboxylic acids is 4. The number of amides is 1. The van der Waals surface area contributed by atoms with Gasteiger partial charge in [-0.15, -0.1) is 0 Å². The Labute approximate surface area is 381 Å². The van der Waals surface area contributed by atoms with Gasteiger partial charge >= 0.3 is 5.97 Å². The predicted octanol–water partition coefficient (Wildman–Crippen LogP) is 0.826. The van der Waals surface area contributed by atoms with Crippen LogP contribution in [0.3, 0.4) is 0 Å². The first kappa shape index (κ1) is 50.3. The summed E-state index contributed by atoms with van der Waals surface area (Å²) in [6.45, 7) is 17.2. The molecule has 0 spiro atoms. The minimum absolute atomic E-state index is 0.0525. The highest BCUT2D eigenvalue weighted by atomic mass is 16.4. The molecule has 3 unspecified atom stereocenters. The lowest BCUT2D eigenvalue weighted by atomic mass is 9.33. The molecule has 362 valence electrons. The van der Waals surface area contributed by atoms with Gasteiger partial charge in [-0.2, -0.15) is 0 Å². The largest absolute Gasteiger partial charge is 0.549 e. The fraction of sp³-hybridized carbons (Fsp3) is 0.857. The van der Waals surface area contributed by atoms with Gasteiger partial charge in [-0.1, -0.05) is 60.1 Å². The number of nitrogens with one attached hydrogen (secondary N) is 1. The molecule has 3 N–H and O–H groups in total. The van der Waals surface area contributed by atoms with Crippen LogP contribution in [0.25, 0.3) is 0 Å². The first-order chi connectivity index (χ1) is 30.0. The van der Waals surface area contributed by atoms with Gasteiger partial charge in [0.1, 0.15) is 6.04 Å². The molecule has 4 saturated carbocycles. The maximum absolute atomic E-state index is 14.9. The first-order valence-electron chi connectivity index (χ1n) is 24.4. The van der Waals surface area contributed by atoms with E-state index in [4.69, 9.17) is 0 Å². The van der Waals surface area contributed by atoms with E-state index in [9.17, 15) is 49.5 Å². The van der Waals surface area contributed by atoms with E-state index in [1.165, 1.54) is 5.57 Å². The van der Waals surface area contributed by atoms with Crippen LogP contribution in [0, 0.1) is 56.7 Å². The van der Waals surface area contributed by atoms with Crippen molar-refractivity contribution in [2.24, 2.45) is 56.7 Å². The molecule has 1 amide bonds. The molecule has 6 aliphatic rings. The number of nitrogens with zero attached hydrogens (tertiary/aromatic N) is 4. The molecule has 6 rings (SSSR count). The van der Waals surface area contributed by atoms with Crippen LogP contribution in [-0.4, -0.2) is 150 Å². The number of hydrogen-bond acceptors (Lipinski definition) is 13. The number of carbonyl (C=O) groups excluding carboxylic acids is 4. The Morgan fingerprint density at radius 3 is 1.81 bits per heavy atom. The summed E-state index contributed by atoms with van der Waals surface area (Å²) in [5.41, 5.74) is 0.948. The Morgan fingerprint density at radius 2 is 1.28 bits per heavy atom. The first-order valence-corrected chi connectivity index (χ1v) is 24.4. The molecule has 15 nitrogen and oxygen atoms in total. The third kappa shape index (κ3) is 9.67. The normalized spacial score (nSPS) is 38.3. The van der Waals surface area contributed by atoms with Crippen LogP contribution in [0.15, 0.2) is 11.6 Å². The van der Waals surface area contributed by atoms with Gasteiger partial charge in [-0.3, -0.25) is 29.2 Å². The van der Waals surface area contributed by atoms with E-state index in [0.717, 1.165) is 57.8 Å². The van der Waals surface area contributed by atoms with Gasteiger partial charge in [0.05, 0.1) is 29.4 Å². The smallest absolute Gasteiger partial charge is 0.320 e. The Hall–Kier alpha value is -3.11. The minimum atomic E-state index is -1.31. The summed E-state index contributed by atoms with van der Waals surface area (Å²) < 4.78 is 0. The number of fused-ring (bicyclic) bond motifs is 7. The van der Waals surface area contributed by atoms with E-state index in [2.05, 4.69) is 59.9 Å². The Balaban J connectivity index is 1.17. The zero-order chi connectivity index (χ0) is 47.0. The standard InChI is InChI=1S/C49H81N5O10/c1-32-12-17-49(19-18-47(6)34(42(49)33(32)2)10-11-37-46(5)15-14-38(55)45(3,4)36(46)13-16-48(37,47)7)44(64)50-20-8-9-35(43(62)63)54-27-25-52(30-40(58)59)23-21-51(29-39(56)57)22-24-53(26-28-54)31-41(60)61/h10,32-33,35-38,42,55H,8-9,11-31H2,1-7H3,(H,50,64)(H,56,57)(H,58,59)(H,60,61)(H,62,63)/p-3/t32-,33-,35?,36?,37?,38-,42-,46-,47-,48+,49-/m0/s1. The predicted molar refractivity (Wildman–Crippen MR) is 235 cm³/mol. The van der Waals surface area contributed by atoms with E-state index in [-0.39, 0.29) is 98.4 Å². The van der Waals surface area contributed by atoms with Crippen LogP contribution in [-0.2, 0) is 24.0 Å². The van der Waals surface area contributed by atoms with Gasteiger partial charge in [0.25, 0.3) is 0 Å². The third-order valence-electron chi connectivity index (χ3n) is 19.0. The fourth-order valence-corrected chi connectivity index (χ4v) is 14.9. The van der Waals surface area contributed by atoms with Gasteiger partial charge in [-0.05, 0) is 122 Å². The topological polar surface area (TPSA) is 220 Å². The van der Waals surface area contributed by atoms with E-state index >= 15 is 0 Å². The molecule has 64 heavy (non-hydrogen) atoms. The Morgan fingerprint density at radius 1 is 0.734 bits per heavy atom. The average molecular weight is 897 g/mol. The number of carboxylic acid groups (broad SMARTS) is 4. The molecule has 5 fully saturated rings. The minimum Gasteiger partial charge on any atom is -0.549 e. The number of aliphatic hydroxyl groups is 1. The van der Waals surface area contributed by atoms with Crippen LogP contribution in [0.4, 0.5) is 0 Å². The number of carboxylic acids is 4. The van der Waals surface area contributed by atoms with E-state index in [1.54, 1.807) is 19.6 Å². The van der Waals surface area contributed by atoms with Crippen molar-refractivity contribution in [1.29, 1.82) is 0 Å². The van der Waals surface area contributed by atoms with E-state index in [1.807, 2.05) is 0 Å². The van der Waals surface area contributed by atoms with Crippen molar-refractivity contribution >= 4 is 29.8 Å². The van der Waals surface area contributed by atoms with Crippen molar-refractivity contribution in [3.63, 3.8) is 0 Å². The van der Waals surface area contributed by atoms with Gasteiger partial charge in [0, 0.05) is 78.5 Å². The van der Waals surface area contributed by atoms with Crippen molar-refractivity contribution in [3.05, 3.63) is 11.6 Å². The molecular weight excluding hydrogens is 819 g/mol. The third-order valence-corrected chi connectivity index (χ3v) is 19.0. The van der Waals surface area contributed by atoms with Crippen molar-refractivity contribution in [2.75, 3.05) is 78.5 Å². The maximum Gasteiger partial charge on any atom is 0.320 e. The molecule has 11 atom stereocenters. The van der Waals surface area contributed by atoms with Crippen molar-refractivity contribution in [2.45, 2.75) is 131 Å².